The zero-order valence-electron chi connectivity index (χ0n) is 12.9. The summed E-state index contributed by atoms with van der Waals surface area (Å²) in [4.78, 5) is 2.64. The lowest BCUT2D eigenvalue weighted by Crippen LogP contribution is -2.43. The molecule has 112 valence electrons. The average molecular weight is 276 g/mol. The van der Waals surface area contributed by atoms with E-state index in [0.717, 1.165) is 24.9 Å². The molecule has 0 spiro atoms. The molecule has 0 aromatic carbocycles. The Hall–Kier alpha value is -0.870. The summed E-state index contributed by atoms with van der Waals surface area (Å²) in [5.74, 6) is 0.855. The molecule has 4 heteroatoms. The monoisotopic (exact) mass is 276 g/mol. The standard InChI is InChI=1S/C16H28N4/c1-3-15-14(10-19(2)18-15)12-20-9-5-6-13(11-20)16-7-4-8-17-16/h10,13,16-17H,3-9,11-12H2,1-2H3. The van der Waals surface area contributed by atoms with E-state index in [4.69, 9.17) is 0 Å². The molecule has 0 aliphatic carbocycles. The van der Waals surface area contributed by atoms with E-state index in [-0.39, 0.29) is 0 Å². The number of rotatable bonds is 4. The second-order valence-corrected chi connectivity index (χ2v) is 6.47. The van der Waals surface area contributed by atoms with Crippen LogP contribution >= 0.6 is 0 Å². The minimum atomic E-state index is 0.775. The molecule has 2 atom stereocenters. The van der Waals surface area contributed by atoms with Gasteiger partial charge in [0.15, 0.2) is 0 Å². The van der Waals surface area contributed by atoms with Crippen molar-refractivity contribution in [3.8, 4) is 0 Å². The van der Waals surface area contributed by atoms with Crippen LogP contribution in [0.1, 0.15) is 43.9 Å². The highest BCUT2D eigenvalue weighted by Gasteiger charge is 2.29. The van der Waals surface area contributed by atoms with Gasteiger partial charge in [-0.2, -0.15) is 5.10 Å². The van der Waals surface area contributed by atoms with Crippen molar-refractivity contribution in [3.63, 3.8) is 0 Å². The Morgan fingerprint density at radius 1 is 1.35 bits per heavy atom. The fourth-order valence-corrected chi connectivity index (χ4v) is 3.93. The first kappa shape index (κ1) is 14.1. The number of aromatic nitrogens is 2. The number of piperidine rings is 1. The average Bonchev–Trinajstić information content (AvgIpc) is 3.08. The van der Waals surface area contributed by atoms with Crippen molar-refractivity contribution in [2.75, 3.05) is 19.6 Å². The Balaban J connectivity index is 1.61. The molecule has 0 amide bonds. The molecule has 0 bridgehead atoms. The molecule has 1 N–H and O–H groups in total. The van der Waals surface area contributed by atoms with Gasteiger partial charge in [-0.1, -0.05) is 6.92 Å². The molecule has 2 aliphatic rings. The maximum atomic E-state index is 4.57. The van der Waals surface area contributed by atoms with Crippen molar-refractivity contribution >= 4 is 0 Å². The van der Waals surface area contributed by atoms with Crippen LogP contribution in [0.3, 0.4) is 0 Å². The van der Waals surface area contributed by atoms with Gasteiger partial charge in [0.2, 0.25) is 0 Å². The molecule has 3 heterocycles. The molecule has 0 radical (unpaired) electrons. The number of hydrogen-bond donors (Lipinski definition) is 1. The largest absolute Gasteiger partial charge is 0.314 e. The van der Waals surface area contributed by atoms with Gasteiger partial charge in [-0.3, -0.25) is 9.58 Å². The van der Waals surface area contributed by atoms with Gasteiger partial charge < -0.3 is 5.32 Å². The van der Waals surface area contributed by atoms with Gasteiger partial charge in [0, 0.05) is 37.9 Å². The third-order valence-corrected chi connectivity index (χ3v) is 4.93. The normalized spacial score (nSPS) is 28.1. The first-order valence-corrected chi connectivity index (χ1v) is 8.23. The fraction of sp³-hybridized carbons (Fsp3) is 0.812. The van der Waals surface area contributed by atoms with Crippen LogP contribution in [0.25, 0.3) is 0 Å². The van der Waals surface area contributed by atoms with E-state index in [1.807, 2.05) is 11.7 Å². The maximum Gasteiger partial charge on any atom is 0.0666 e. The zero-order chi connectivity index (χ0) is 13.9. The highest BCUT2D eigenvalue weighted by molar-refractivity contribution is 5.17. The molecule has 2 fully saturated rings. The van der Waals surface area contributed by atoms with Crippen molar-refractivity contribution in [2.45, 2.75) is 51.6 Å². The van der Waals surface area contributed by atoms with Crippen molar-refractivity contribution in [1.29, 1.82) is 0 Å². The third kappa shape index (κ3) is 3.07. The third-order valence-electron chi connectivity index (χ3n) is 4.93. The highest BCUT2D eigenvalue weighted by Crippen LogP contribution is 2.26. The number of aryl methyl sites for hydroxylation is 2. The van der Waals surface area contributed by atoms with Crippen LogP contribution in [-0.2, 0) is 20.0 Å². The summed E-state index contributed by atoms with van der Waals surface area (Å²) in [6.07, 6.45) is 8.75. The van der Waals surface area contributed by atoms with Crippen molar-refractivity contribution in [2.24, 2.45) is 13.0 Å². The zero-order valence-corrected chi connectivity index (χ0v) is 12.9. The van der Waals surface area contributed by atoms with E-state index in [1.54, 1.807) is 0 Å². The lowest BCUT2D eigenvalue weighted by atomic mass is 9.89. The van der Waals surface area contributed by atoms with E-state index < -0.39 is 0 Å². The first-order chi connectivity index (χ1) is 9.76. The topological polar surface area (TPSA) is 33.1 Å². The van der Waals surface area contributed by atoms with Crippen LogP contribution in [0.4, 0.5) is 0 Å². The van der Waals surface area contributed by atoms with Gasteiger partial charge in [-0.05, 0) is 51.1 Å². The summed E-state index contributed by atoms with van der Waals surface area (Å²) < 4.78 is 1.97. The van der Waals surface area contributed by atoms with Crippen molar-refractivity contribution < 1.29 is 0 Å². The minimum Gasteiger partial charge on any atom is -0.314 e. The number of likely N-dealkylation sites (tertiary alicyclic amines) is 1. The quantitative estimate of drug-likeness (QED) is 0.912. The summed E-state index contributed by atoms with van der Waals surface area (Å²) >= 11 is 0. The van der Waals surface area contributed by atoms with Gasteiger partial charge in [0.1, 0.15) is 0 Å². The fourth-order valence-electron chi connectivity index (χ4n) is 3.93. The SMILES string of the molecule is CCc1nn(C)cc1CN1CCCC(C2CCCN2)C1. The van der Waals surface area contributed by atoms with E-state index in [0.29, 0.717) is 0 Å². The summed E-state index contributed by atoms with van der Waals surface area (Å²) in [7, 11) is 2.03. The second-order valence-electron chi connectivity index (χ2n) is 6.47. The molecular weight excluding hydrogens is 248 g/mol. The molecule has 2 saturated heterocycles. The Kier molecular flexibility index (Phi) is 4.41. The Bertz CT molecular complexity index is 434. The van der Waals surface area contributed by atoms with Gasteiger partial charge in [-0.15, -0.1) is 0 Å². The smallest absolute Gasteiger partial charge is 0.0666 e. The van der Waals surface area contributed by atoms with E-state index in [9.17, 15) is 0 Å². The molecule has 20 heavy (non-hydrogen) atoms. The number of hydrogen-bond acceptors (Lipinski definition) is 3. The van der Waals surface area contributed by atoms with Gasteiger partial charge >= 0.3 is 0 Å². The molecule has 4 nitrogen and oxygen atoms in total. The Morgan fingerprint density at radius 2 is 2.25 bits per heavy atom. The van der Waals surface area contributed by atoms with Crippen molar-refractivity contribution in [3.05, 3.63) is 17.5 Å². The van der Waals surface area contributed by atoms with Crippen molar-refractivity contribution in [1.82, 2.24) is 20.0 Å². The lowest BCUT2D eigenvalue weighted by Gasteiger charge is -2.35. The molecule has 1 aromatic rings. The predicted molar refractivity (Wildman–Crippen MR) is 81.6 cm³/mol. The van der Waals surface area contributed by atoms with Crippen LogP contribution < -0.4 is 5.32 Å². The molecule has 0 saturated carbocycles. The van der Waals surface area contributed by atoms with E-state index in [2.05, 4.69) is 28.4 Å². The summed E-state index contributed by atoms with van der Waals surface area (Å²) in [5.41, 5.74) is 2.70. The Morgan fingerprint density at radius 3 is 3.00 bits per heavy atom. The number of nitrogens with zero attached hydrogens (tertiary/aromatic N) is 3. The summed E-state index contributed by atoms with van der Waals surface area (Å²) in [6.45, 7) is 7.02. The van der Waals surface area contributed by atoms with E-state index >= 15 is 0 Å². The maximum absolute atomic E-state index is 4.57. The van der Waals surface area contributed by atoms with Gasteiger partial charge in [-0.25, -0.2) is 0 Å². The first-order valence-electron chi connectivity index (χ1n) is 8.23. The summed E-state index contributed by atoms with van der Waals surface area (Å²) in [6, 6.07) is 0.775. The molecule has 3 rings (SSSR count). The molecule has 2 aliphatic heterocycles. The Labute approximate surface area is 122 Å². The molecular formula is C16H28N4. The van der Waals surface area contributed by atoms with Crippen LogP contribution in [0.15, 0.2) is 6.20 Å². The van der Waals surface area contributed by atoms with Crippen LogP contribution in [-0.4, -0.2) is 40.4 Å². The van der Waals surface area contributed by atoms with Crippen LogP contribution in [0, 0.1) is 5.92 Å². The number of nitrogens with one attached hydrogen (secondary N) is 1. The molecule has 1 aromatic heterocycles. The highest BCUT2D eigenvalue weighted by atomic mass is 15.3. The predicted octanol–water partition coefficient (Wildman–Crippen LogP) is 1.95. The molecule has 2 unspecified atom stereocenters. The summed E-state index contributed by atoms with van der Waals surface area (Å²) in [5, 5.41) is 8.26. The minimum absolute atomic E-state index is 0.775. The van der Waals surface area contributed by atoms with Gasteiger partial charge in [0.05, 0.1) is 5.69 Å². The lowest BCUT2D eigenvalue weighted by molar-refractivity contribution is 0.145. The van der Waals surface area contributed by atoms with Crippen LogP contribution in [0.5, 0.6) is 0 Å². The second kappa shape index (κ2) is 6.27. The van der Waals surface area contributed by atoms with E-state index in [1.165, 1.54) is 56.6 Å². The van der Waals surface area contributed by atoms with Gasteiger partial charge in [0.25, 0.3) is 0 Å². The van der Waals surface area contributed by atoms with Crippen LogP contribution in [0.2, 0.25) is 0 Å².